The lowest BCUT2D eigenvalue weighted by Gasteiger charge is -2.78. The van der Waals surface area contributed by atoms with Crippen LogP contribution in [-0.2, 0) is 21.7 Å². The van der Waals surface area contributed by atoms with E-state index in [4.69, 9.17) is 5.73 Å². The summed E-state index contributed by atoms with van der Waals surface area (Å²) in [5.74, 6) is 1.23. The van der Waals surface area contributed by atoms with Crippen LogP contribution in [0, 0.1) is 11.8 Å². The number of hydrogen-bond acceptors (Lipinski definition) is 1. The third-order valence-corrected chi connectivity index (χ3v) is 32.2. The third-order valence-electron chi connectivity index (χ3n) is 11.0. The summed E-state index contributed by atoms with van der Waals surface area (Å²) in [4.78, 5) is 13.6. The van der Waals surface area contributed by atoms with E-state index in [0.717, 1.165) is 12.8 Å². The smallest absolute Gasteiger partial charge is 0.221 e. The number of allylic oxidation sites excluding steroid dienone is 1. The van der Waals surface area contributed by atoms with Gasteiger partial charge in [0.15, 0.2) is 0 Å². The topological polar surface area (TPSA) is 43.1 Å². The Kier molecular flexibility index (Phi) is 4.23. The van der Waals surface area contributed by atoms with E-state index in [1.54, 1.807) is 16.7 Å². The van der Waals surface area contributed by atoms with Crippen LogP contribution in [0.5, 0.6) is 0 Å². The lowest BCUT2D eigenvalue weighted by Crippen LogP contribution is -2.92. The molecule has 1 aromatic carbocycles. The number of carbonyl (C=O) groups is 1. The molecule has 4 unspecified atom stereocenters. The monoisotopic (exact) mass is 451 g/mol. The Bertz CT molecular complexity index is 1030. The molecule has 4 aliphatic rings. The zero-order valence-corrected chi connectivity index (χ0v) is 22.9. The van der Waals surface area contributed by atoms with E-state index in [-0.39, 0.29) is 21.4 Å². The van der Waals surface area contributed by atoms with Crippen LogP contribution < -0.4 is 5.73 Å². The van der Waals surface area contributed by atoms with Gasteiger partial charge in [-0.25, -0.2) is 0 Å². The van der Waals surface area contributed by atoms with Crippen molar-refractivity contribution in [3.63, 3.8) is 0 Å². The van der Waals surface area contributed by atoms with Crippen molar-refractivity contribution in [2.75, 3.05) is 0 Å². The molecule has 0 aromatic heterocycles. The number of primary amides is 1. The largest absolute Gasteiger partial charge is 0.369 e. The van der Waals surface area contributed by atoms with Gasteiger partial charge in [0.25, 0.3) is 0 Å². The molecule has 31 heavy (non-hydrogen) atoms. The molecule has 2 bridgehead atoms. The summed E-state index contributed by atoms with van der Waals surface area (Å²) in [7, 11) is -3.53. The molecule has 1 aliphatic heterocycles. The van der Waals surface area contributed by atoms with Crippen molar-refractivity contribution in [3.05, 3.63) is 40.0 Å². The summed E-state index contributed by atoms with van der Waals surface area (Å²) in [6.07, 6.45) is 8.39. The molecule has 2 saturated carbocycles. The van der Waals surface area contributed by atoms with E-state index in [2.05, 4.69) is 72.1 Å². The van der Waals surface area contributed by atoms with E-state index < -0.39 is 15.2 Å². The zero-order valence-electron chi connectivity index (χ0n) is 20.9. The Morgan fingerprint density at radius 3 is 2.32 bits per heavy atom. The standard InChI is InChI=1S/C27H41NOSi2/c1-9-17-12-18-14-21(25(2,3)4)16-23(22(18)13-17)26-19-10-11-20(15-19)27(26,24(28)29)31(7,8)30(26,5)6/h12,14,16,19-20H,9-11,13,15H2,1-8H3,(H2,28,29). The highest BCUT2D eigenvalue weighted by atomic mass is 29.3. The zero-order chi connectivity index (χ0) is 22.8. The van der Waals surface area contributed by atoms with Crippen molar-refractivity contribution < 1.29 is 4.79 Å². The first-order valence-electron chi connectivity index (χ1n) is 12.5. The van der Waals surface area contributed by atoms with Crippen molar-refractivity contribution in [2.24, 2.45) is 17.6 Å². The lowest BCUT2D eigenvalue weighted by atomic mass is 9.69. The summed E-state index contributed by atoms with van der Waals surface area (Å²) >= 11 is 0. The third kappa shape index (κ3) is 2.09. The molecule has 1 saturated heterocycles. The average Bonchev–Trinajstić information content (AvgIpc) is 3.36. The Morgan fingerprint density at radius 1 is 1.10 bits per heavy atom. The van der Waals surface area contributed by atoms with Crippen LogP contribution in [0.3, 0.4) is 0 Å². The fourth-order valence-corrected chi connectivity index (χ4v) is 28.1. The van der Waals surface area contributed by atoms with E-state index >= 15 is 0 Å². The molecular weight excluding hydrogens is 410 g/mol. The SMILES string of the molecule is CCC1=Cc2cc(C(C)(C)C)cc(C34C5CCC(C5)C3(C(N)=O)[Si](C)(C)[Si]4(C)C)c2C1. The van der Waals surface area contributed by atoms with Crippen molar-refractivity contribution in [1.82, 2.24) is 0 Å². The van der Waals surface area contributed by atoms with Crippen LogP contribution in [-0.4, -0.2) is 21.1 Å². The summed E-state index contributed by atoms with van der Waals surface area (Å²) in [6.45, 7) is 19.6. The molecule has 168 valence electrons. The molecule has 1 heterocycles. The molecule has 2 N–H and O–H groups in total. The van der Waals surface area contributed by atoms with Gasteiger partial charge in [-0.2, -0.15) is 0 Å². The highest BCUT2D eigenvalue weighted by molar-refractivity contribution is 7.48. The first-order chi connectivity index (χ1) is 14.3. The van der Waals surface area contributed by atoms with Gasteiger partial charge in [-0.05, 0) is 71.6 Å². The van der Waals surface area contributed by atoms with Crippen LogP contribution in [0.15, 0.2) is 17.7 Å². The van der Waals surface area contributed by atoms with Gasteiger partial charge in [0, 0.05) is 5.04 Å². The number of nitrogens with two attached hydrogens (primary N) is 1. The van der Waals surface area contributed by atoms with Crippen LogP contribution in [0.1, 0.15) is 75.6 Å². The number of rotatable bonds is 3. The Balaban J connectivity index is 1.87. The molecule has 0 spiro atoms. The maximum absolute atomic E-state index is 13.6. The van der Waals surface area contributed by atoms with Gasteiger partial charge in [-0.3, -0.25) is 4.79 Å². The van der Waals surface area contributed by atoms with E-state index in [1.165, 1.54) is 30.4 Å². The summed E-state index contributed by atoms with van der Waals surface area (Å²) in [5.41, 5.74) is 14.1. The Hall–Kier alpha value is -1.14. The van der Waals surface area contributed by atoms with Crippen molar-refractivity contribution in [2.45, 2.75) is 101 Å². The molecule has 4 heteroatoms. The molecule has 2 nitrogen and oxygen atoms in total. The Labute approximate surface area is 190 Å². The molecule has 1 aromatic rings. The summed E-state index contributed by atoms with van der Waals surface area (Å²) in [5, 5.41) is -0.190. The van der Waals surface area contributed by atoms with Gasteiger partial charge in [-0.15, -0.1) is 0 Å². The summed E-state index contributed by atoms with van der Waals surface area (Å²) in [6, 6.07) is 5.02. The minimum absolute atomic E-state index is 0.0485. The van der Waals surface area contributed by atoms with Gasteiger partial charge < -0.3 is 5.73 Å². The minimum atomic E-state index is -1.80. The predicted octanol–water partition coefficient (Wildman–Crippen LogP) is 6.28. The average molecular weight is 452 g/mol. The molecule has 0 radical (unpaired) electrons. The first kappa shape index (κ1) is 21.7. The van der Waals surface area contributed by atoms with E-state index in [0.29, 0.717) is 11.8 Å². The highest BCUT2D eigenvalue weighted by Crippen LogP contribution is 2.85. The maximum atomic E-state index is 13.6. The predicted molar refractivity (Wildman–Crippen MR) is 136 cm³/mol. The van der Waals surface area contributed by atoms with Gasteiger partial charge in [0.2, 0.25) is 5.91 Å². The first-order valence-corrected chi connectivity index (χ1v) is 19.5. The second-order valence-corrected chi connectivity index (χ2v) is 28.7. The second-order valence-electron chi connectivity index (χ2n) is 13.1. The van der Waals surface area contributed by atoms with Crippen LogP contribution in [0.25, 0.3) is 6.08 Å². The number of fused-ring (bicyclic) bond motifs is 6. The number of hydrogen-bond donors (Lipinski definition) is 1. The quantitative estimate of drug-likeness (QED) is 0.540. The normalized spacial score (nSPS) is 36.6. The van der Waals surface area contributed by atoms with Gasteiger partial charge in [-0.1, -0.05) is 77.7 Å². The molecule has 3 aliphatic carbocycles. The summed E-state index contributed by atoms with van der Waals surface area (Å²) < 4.78 is 0. The lowest BCUT2D eigenvalue weighted by molar-refractivity contribution is -0.124. The maximum Gasteiger partial charge on any atom is 0.221 e. The number of amides is 1. The fourth-order valence-electron chi connectivity index (χ4n) is 9.34. The highest BCUT2D eigenvalue weighted by Gasteiger charge is 2.91. The van der Waals surface area contributed by atoms with Crippen molar-refractivity contribution >= 4 is 27.2 Å². The molecular formula is C27H41NOSi2. The van der Waals surface area contributed by atoms with Crippen LogP contribution >= 0.6 is 0 Å². The van der Waals surface area contributed by atoms with Gasteiger partial charge in [0.05, 0.1) is 20.2 Å². The molecule has 4 atom stereocenters. The van der Waals surface area contributed by atoms with Crippen LogP contribution in [0.2, 0.25) is 31.2 Å². The van der Waals surface area contributed by atoms with Gasteiger partial charge >= 0.3 is 0 Å². The van der Waals surface area contributed by atoms with E-state index in [9.17, 15) is 4.79 Å². The minimum Gasteiger partial charge on any atom is -0.369 e. The molecule has 1 amide bonds. The van der Waals surface area contributed by atoms with E-state index in [1.807, 2.05) is 0 Å². The van der Waals surface area contributed by atoms with Crippen molar-refractivity contribution in [3.8, 4) is 0 Å². The fraction of sp³-hybridized carbons (Fsp3) is 0.667. The number of carbonyl (C=O) groups excluding carboxylic acids is 1. The Morgan fingerprint density at radius 2 is 1.74 bits per heavy atom. The van der Waals surface area contributed by atoms with Crippen LogP contribution in [0.4, 0.5) is 0 Å². The van der Waals surface area contributed by atoms with Crippen molar-refractivity contribution in [1.29, 1.82) is 0 Å². The molecule has 5 rings (SSSR count). The van der Waals surface area contributed by atoms with Gasteiger partial charge in [0.1, 0.15) is 0 Å². The molecule has 3 fully saturated rings. The second kappa shape index (κ2) is 6.05. The number of benzene rings is 1.